The number of hydrogen-bond acceptors (Lipinski definition) is 3. The lowest BCUT2D eigenvalue weighted by Crippen LogP contribution is -2.20. The maximum absolute atomic E-state index is 11.8. The van der Waals surface area contributed by atoms with Crippen molar-refractivity contribution in [2.45, 2.75) is 20.8 Å². The number of aryl methyl sites for hydroxylation is 2. The molecule has 0 unspecified atom stereocenters. The molecule has 0 fully saturated rings. The first-order chi connectivity index (χ1) is 9.93. The van der Waals surface area contributed by atoms with E-state index in [1.54, 1.807) is 18.2 Å². The van der Waals surface area contributed by atoms with Gasteiger partial charge in [0.25, 0.3) is 5.91 Å². The zero-order valence-electron chi connectivity index (χ0n) is 12.3. The van der Waals surface area contributed by atoms with Crippen LogP contribution in [0, 0.1) is 13.8 Å². The molecule has 0 radical (unpaired) electrons. The monoisotopic (exact) mass is 351 g/mol. The zero-order valence-corrected chi connectivity index (χ0v) is 13.9. The van der Waals surface area contributed by atoms with Gasteiger partial charge in [-0.1, -0.05) is 34.2 Å². The van der Waals surface area contributed by atoms with Gasteiger partial charge >= 0.3 is 5.97 Å². The largest absolute Gasteiger partial charge is 0.452 e. The second-order valence-electron chi connectivity index (χ2n) is 4.46. The van der Waals surface area contributed by atoms with Crippen molar-refractivity contribution in [2.75, 3.05) is 11.9 Å². The van der Waals surface area contributed by atoms with E-state index >= 15 is 0 Å². The van der Waals surface area contributed by atoms with Crippen LogP contribution >= 0.6 is 15.9 Å². The molecule has 0 bridgehead atoms. The fourth-order valence-corrected chi connectivity index (χ4v) is 1.99. The normalized spacial score (nSPS) is 11.0. The van der Waals surface area contributed by atoms with Crippen molar-refractivity contribution in [1.29, 1.82) is 0 Å². The minimum atomic E-state index is -0.549. The molecular formula is C16H18BrNO3. The van der Waals surface area contributed by atoms with Gasteiger partial charge in [0.15, 0.2) is 6.61 Å². The Labute approximate surface area is 133 Å². The van der Waals surface area contributed by atoms with Crippen LogP contribution < -0.4 is 5.32 Å². The van der Waals surface area contributed by atoms with Gasteiger partial charge in [-0.2, -0.15) is 0 Å². The number of halogens is 1. The summed E-state index contributed by atoms with van der Waals surface area (Å²) in [5, 5.41) is 2.73. The molecule has 1 rings (SSSR count). The quantitative estimate of drug-likeness (QED) is 0.500. The molecule has 21 heavy (non-hydrogen) atoms. The van der Waals surface area contributed by atoms with E-state index in [0.29, 0.717) is 5.69 Å². The lowest BCUT2D eigenvalue weighted by Gasteiger charge is -2.10. The number of benzene rings is 1. The maximum atomic E-state index is 11.8. The molecule has 4 nitrogen and oxygen atoms in total. The number of esters is 1. The third-order valence-electron chi connectivity index (χ3n) is 2.66. The Morgan fingerprint density at radius 2 is 1.95 bits per heavy atom. The second kappa shape index (κ2) is 8.42. The highest BCUT2D eigenvalue weighted by Crippen LogP contribution is 2.24. The van der Waals surface area contributed by atoms with Gasteiger partial charge in [-0.3, -0.25) is 4.79 Å². The van der Waals surface area contributed by atoms with Gasteiger partial charge in [0, 0.05) is 16.2 Å². The predicted molar refractivity (Wildman–Crippen MR) is 87.2 cm³/mol. The van der Waals surface area contributed by atoms with Crippen LogP contribution in [0.2, 0.25) is 0 Å². The van der Waals surface area contributed by atoms with Gasteiger partial charge in [-0.15, -0.1) is 0 Å². The zero-order chi connectivity index (χ0) is 15.8. The van der Waals surface area contributed by atoms with Gasteiger partial charge in [0.05, 0.1) is 0 Å². The number of rotatable bonds is 5. The summed E-state index contributed by atoms with van der Waals surface area (Å²) in [6, 6.07) is 3.79. The smallest absolute Gasteiger partial charge is 0.331 e. The highest BCUT2D eigenvalue weighted by molar-refractivity contribution is 9.10. The fraction of sp³-hybridized carbons (Fsp3) is 0.250. The van der Waals surface area contributed by atoms with Gasteiger partial charge in [0.1, 0.15) is 0 Å². The molecule has 0 heterocycles. The Bertz CT molecular complexity index is 591. The summed E-state index contributed by atoms with van der Waals surface area (Å²) in [7, 11) is 0. The second-order valence-corrected chi connectivity index (χ2v) is 5.31. The molecule has 0 saturated carbocycles. The number of carbonyl (C=O) groups excluding carboxylic acids is 2. The van der Waals surface area contributed by atoms with Crippen molar-refractivity contribution in [3.05, 3.63) is 52.0 Å². The number of ether oxygens (including phenoxy) is 1. The van der Waals surface area contributed by atoms with Crippen LogP contribution in [-0.4, -0.2) is 18.5 Å². The van der Waals surface area contributed by atoms with Gasteiger partial charge < -0.3 is 10.1 Å². The van der Waals surface area contributed by atoms with Crippen LogP contribution in [0.3, 0.4) is 0 Å². The van der Waals surface area contributed by atoms with E-state index in [4.69, 9.17) is 4.74 Å². The first-order valence-corrected chi connectivity index (χ1v) is 7.26. The molecule has 1 N–H and O–H groups in total. The molecule has 1 amide bonds. The minimum Gasteiger partial charge on any atom is -0.452 e. The van der Waals surface area contributed by atoms with E-state index in [0.717, 1.165) is 15.6 Å². The van der Waals surface area contributed by atoms with Crippen LogP contribution in [0.1, 0.15) is 18.1 Å². The van der Waals surface area contributed by atoms with E-state index in [-0.39, 0.29) is 12.5 Å². The Hall–Kier alpha value is -1.88. The van der Waals surface area contributed by atoms with Crippen molar-refractivity contribution in [2.24, 2.45) is 0 Å². The average Bonchev–Trinajstić information content (AvgIpc) is 2.43. The van der Waals surface area contributed by atoms with Crippen LogP contribution in [0.5, 0.6) is 0 Å². The van der Waals surface area contributed by atoms with E-state index in [1.165, 1.54) is 6.08 Å². The van der Waals surface area contributed by atoms with Crippen LogP contribution in [0.4, 0.5) is 5.69 Å². The summed E-state index contributed by atoms with van der Waals surface area (Å²) in [6.07, 6.45) is 6.31. The number of anilines is 1. The number of amides is 1. The highest BCUT2D eigenvalue weighted by Gasteiger charge is 2.08. The predicted octanol–water partition coefficient (Wildman–Crippen LogP) is 3.68. The third kappa shape index (κ3) is 5.95. The van der Waals surface area contributed by atoms with Crippen molar-refractivity contribution in [3.63, 3.8) is 0 Å². The third-order valence-corrected chi connectivity index (χ3v) is 3.52. The maximum Gasteiger partial charge on any atom is 0.331 e. The summed E-state index contributed by atoms with van der Waals surface area (Å²) in [5.74, 6) is -0.917. The molecule has 0 atom stereocenters. The first kappa shape index (κ1) is 17.2. The topological polar surface area (TPSA) is 55.4 Å². The summed E-state index contributed by atoms with van der Waals surface area (Å²) in [5.41, 5.74) is 2.66. The lowest BCUT2D eigenvalue weighted by atomic mass is 10.1. The summed E-state index contributed by atoms with van der Waals surface area (Å²) >= 11 is 3.43. The van der Waals surface area contributed by atoms with Crippen LogP contribution in [0.25, 0.3) is 0 Å². The van der Waals surface area contributed by atoms with Crippen LogP contribution in [0.15, 0.2) is 40.9 Å². The van der Waals surface area contributed by atoms with Crippen molar-refractivity contribution in [1.82, 2.24) is 0 Å². The highest BCUT2D eigenvalue weighted by atomic mass is 79.9. The van der Waals surface area contributed by atoms with E-state index < -0.39 is 5.97 Å². The SMILES string of the molecule is C/C=C/C=C/C(=O)OCC(=O)Nc1cc(C)c(Br)cc1C. The average molecular weight is 352 g/mol. The number of hydrogen-bond donors (Lipinski definition) is 1. The summed E-state index contributed by atoms with van der Waals surface area (Å²) in [4.78, 5) is 23.1. The number of allylic oxidation sites excluding steroid dienone is 3. The van der Waals surface area contributed by atoms with Gasteiger partial charge in [-0.25, -0.2) is 4.79 Å². The molecule has 0 aliphatic carbocycles. The first-order valence-electron chi connectivity index (χ1n) is 6.46. The fourth-order valence-electron chi connectivity index (χ4n) is 1.53. The Balaban J connectivity index is 2.55. The molecule has 0 aliphatic heterocycles. The number of carbonyl (C=O) groups is 2. The molecule has 1 aromatic carbocycles. The standard InChI is InChI=1S/C16H18BrNO3/c1-4-5-6-7-16(20)21-10-15(19)18-14-9-11(2)13(17)8-12(14)3/h4-9H,10H2,1-3H3,(H,18,19)/b5-4+,7-6+. The van der Waals surface area contributed by atoms with Crippen molar-refractivity contribution in [3.8, 4) is 0 Å². The molecule has 0 aliphatic rings. The van der Waals surface area contributed by atoms with E-state index in [1.807, 2.05) is 32.9 Å². The number of nitrogens with one attached hydrogen (secondary N) is 1. The molecule has 0 spiro atoms. The molecule has 5 heteroatoms. The Morgan fingerprint density at radius 1 is 1.24 bits per heavy atom. The van der Waals surface area contributed by atoms with E-state index in [2.05, 4.69) is 21.2 Å². The lowest BCUT2D eigenvalue weighted by molar-refractivity contribution is -0.142. The molecule has 1 aromatic rings. The van der Waals surface area contributed by atoms with Crippen molar-refractivity contribution >= 4 is 33.5 Å². The Kier molecular flexibility index (Phi) is 6.88. The summed E-state index contributed by atoms with van der Waals surface area (Å²) < 4.78 is 5.82. The van der Waals surface area contributed by atoms with Gasteiger partial charge in [-0.05, 0) is 44.0 Å². The minimum absolute atomic E-state index is 0.312. The van der Waals surface area contributed by atoms with Crippen molar-refractivity contribution < 1.29 is 14.3 Å². The Morgan fingerprint density at radius 3 is 2.62 bits per heavy atom. The molecule has 0 aromatic heterocycles. The van der Waals surface area contributed by atoms with E-state index in [9.17, 15) is 9.59 Å². The molecule has 112 valence electrons. The summed E-state index contributed by atoms with van der Waals surface area (Å²) in [6.45, 7) is 5.36. The van der Waals surface area contributed by atoms with Gasteiger partial charge in [0.2, 0.25) is 0 Å². The molecule has 0 saturated heterocycles. The molecular weight excluding hydrogens is 334 g/mol. The van der Waals surface area contributed by atoms with Crippen LogP contribution in [-0.2, 0) is 14.3 Å².